The Balaban J connectivity index is 1.74. The van der Waals surface area contributed by atoms with E-state index in [0.717, 1.165) is 26.3 Å². The number of nitrogens with zero attached hydrogens (tertiary/aromatic N) is 2. The number of anilines is 1. The van der Waals surface area contributed by atoms with Crippen LogP contribution in [0.1, 0.15) is 0 Å². The average molecular weight is 296 g/mol. The van der Waals surface area contributed by atoms with Crippen molar-refractivity contribution in [1.29, 1.82) is 0 Å². The number of rotatable bonds is 2. The molecule has 0 radical (unpaired) electrons. The van der Waals surface area contributed by atoms with Gasteiger partial charge in [-0.3, -0.25) is 4.98 Å². The quantitative estimate of drug-likeness (QED) is 0.719. The van der Waals surface area contributed by atoms with Gasteiger partial charge in [0.1, 0.15) is 0 Å². The topological polar surface area (TPSA) is 25.4 Å². The van der Waals surface area contributed by atoms with Gasteiger partial charge in [0.05, 0.1) is 13.2 Å². The maximum absolute atomic E-state index is 5.42. The Labute approximate surface area is 127 Å². The van der Waals surface area contributed by atoms with Crippen LogP contribution in [0.4, 0.5) is 5.69 Å². The predicted octanol–water partition coefficient (Wildman–Crippen LogP) is 3.80. The average Bonchev–Trinajstić information content (AvgIpc) is 2.99. The summed E-state index contributed by atoms with van der Waals surface area (Å²) in [6.45, 7) is 3.60. The van der Waals surface area contributed by atoms with Crippen LogP contribution in [-0.2, 0) is 4.74 Å². The van der Waals surface area contributed by atoms with Crippen LogP contribution in [0, 0.1) is 0 Å². The van der Waals surface area contributed by atoms with Crippen molar-refractivity contribution in [3.63, 3.8) is 0 Å². The SMILES string of the molecule is c1cncc(-c2csc3cc(N4CCOCC4)ccc23)c1. The summed E-state index contributed by atoms with van der Waals surface area (Å²) in [7, 11) is 0. The second-order valence-corrected chi connectivity index (χ2v) is 6.08. The van der Waals surface area contributed by atoms with Crippen molar-refractivity contribution in [1.82, 2.24) is 4.98 Å². The highest BCUT2D eigenvalue weighted by Crippen LogP contribution is 2.35. The van der Waals surface area contributed by atoms with Gasteiger partial charge in [0, 0.05) is 52.4 Å². The lowest BCUT2D eigenvalue weighted by molar-refractivity contribution is 0.122. The summed E-state index contributed by atoms with van der Waals surface area (Å²) in [6.07, 6.45) is 3.74. The van der Waals surface area contributed by atoms with E-state index in [1.54, 1.807) is 11.3 Å². The zero-order chi connectivity index (χ0) is 14.1. The molecule has 0 amide bonds. The van der Waals surface area contributed by atoms with Gasteiger partial charge < -0.3 is 9.64 Å². The summed E-state index contributed by atoms with van der Waals surface area (Å²) in [5.74, 6) is 0. The molecule has 0 bridgehead atoms. The highest BCUT2D eigenvalue weighted by atomic mass is 32.1. The second kappa shape index (κ2) is 5.47. The van der Waals surface area contributed by atoms with E-state index in [9.17, 15) is 0 Å². The number of benzene rings is 1. The van der Waals surface area contributed by atoms with Gasteiger partial charge in [-0.25, -0.2) is 0 Å². The molecular weight excluding hydrogens is 280 g/mol. The van der Waals surface area contributed by atoms with Crippen LogP contribution in [0.25, 0.3) is 21.2 Å². The van der Waals surface area contributed by atoms with Gasteiger partial charge >= 0.3 is 0 Å². The number of fused-ring (bicyclic) bond motifs is 1. The highest BCUT2D eigenvalue weighted by molar-refractivity contribution is 7.17. The summed E-state index contributed by atoms with van der Waals surface area (Å²) >= 11 is 1.80. The number of pyridine rings is 1. The molecule has 106 valence electrons. The fourth-order valence-electron chi connectivity index (χ4n) is 2.78. The van der Waals surface area contributed by atoms with Gasteiger partial charge in [-0.15, -0.1) is 11.3 Å². The zero-order valence-electron chi connectivity index (χ0n) is 11.7. The first-order valence-electron chi connectivity index (χ1n) is 7.16. The Bertz CT molecular complexity index is 748. The molecule has 0 atom stereocenters. The Morgan fingerprint density at radius 2 is 2.05 bits per heavy atom. The van der Waals surface area contributed by atoms with E-state index in [1.165, 1.54) is 26.9 Å². The Morgan fingerprint density at radius 3 is 2.86 bits per heavy atom. The Hall–Kier alpha value is -1.91. The number of hydrogen-bond acceptors (Lipinski definition) is 4. The molecule has 2 aromatic heterocycles. The summed E-state index contributed by atoms with van der Waals surface area (Å²) in [4.78, 5) is 6.62. The number of morpholine rings is 1. The van der Waals surface area contributed by atoms with Crippen LogP contribution < -0.4 is 4.90 Å². The van der Waals surface area contributed by atoms with Crippen LogP contribution in [-0.4, -0.2) is 31.3 Å². The number of thiophene rings is 1. The molecule has 3 nitrogen and oxygen atoms in total. The summed E-state index contributed by atoms with van der Waals surface area (Å²) in [6, 6.07) is 10.9. The van der Waals surface area contributed by atoms with Crippen LogP contribution in [0.15, 0.2) is 48.1 Å². The van der Waals surface area contributed by atoms with E-state index < -0.39 is 0 Å². The van der Waals surface area contributed by atoms with Crippen molar-refractivity contribution < 1.29 is 4.74 Å². The van der Waals surface area contributed by atoms with E-state index in [1.807, 2.05) is 18.5 Å². The lowest BCUT2D eigenvalue weighted by atomic mass is 10.1. The van der Waals surface area contributed by atoms with Gasteiger partial charge in [0.2, 0.25) is 0 Å². The fourth-order valence-corrected chi connectivity index (χ4v) is 3.78. The van der Waals surface area contributed by atoms with Crippen molar-refractivity contribution in [3.05, 3.63) is 48.1 Å². The number of hydrogen-bond donors (Lipinski definition) is 0. The lowest BCUT2D eigenvalue weighted by Gasteiger charge is -2.28. The molecule has 0 spiro atoms. The maximum Gasteiger partial charge on any atom is 0.0642 e. The van der Waals surface area contributed by atoms with Gasteiger partial charge in [-0.2, -0.15) is 0 Å². The normalized spacial score (nSPS) is 15.5. The summed E-state index contributed by atoms with van der Waals surface area (Å²) < 4.78 is 6.76. The van der Waals surface area contributed by atoms with E-state index in [-0.39, 0.29) is 0 Å². The number of aromatic nitrogens is 1. The molecule has 1 aliphatic rings. The Morgan fingerprint density at radius 1 is 1.14 bits per heavy atom. The van der Waals surface area contributed by atoms with E-state index >= 15 is 0 Å². The first-order valence-corrected chi connectivity index (χ1v) is 8.04. The maximum atomic E-state index is 5.42. The van der Waals surface area contributed by atoms with Gasteiger partial charge in [-0.05, 0) is 23.6 Å². The van der Waals surface area contributed by atoms with Crippen molar-refractivity contribution >= 4 is 27.1 Å². The molecular formula is C17H16N2OS. The van der Waals surface area contributed by atoms with Crippen molar-refractivity contribution in [2.24, 2.45) is 0 Å². The minimum atomic E-state index is 0.823. The molecule has 1 aromatic carbocycles. The Kier molecular flexibility index (Phi) is 3.33. The predicted molar refractivity (Wildman–Crippen MR) is 88.1 cm³/mol. The van der Waals surface area contributed by atoms with Crippen molar-refractivity contribution in [3.8, 4) is 11.1 Å². The largest absolute Gasteiger partial charge is 0.378 e. The molecule has 4 heteroatoms. The molecule has 0 unspecified atom stereocenters. The van der Waals surface area contributed by atoms with Gasteiger partial charge in [0.15, 0.2) is 0 Å². The van der Waals surface area contributed by atoms with E-state index in [2.05, 4.69) is 39.5 Å². The minimum Gasteiger partial charge on any atom is -0.378 e. The first kappa shape index (κ1) is 12.8. The molecule has 3 aromatic rings. The molecule has 4 rings (SSSR count). The standard InChI is InChI=1S/C17H16N2OS/c1-2-13(11-18-5-1)16-12-21-17-10-14(3-4-15(16)17)19-6-8-20-9-7-19/h1-5,10-12H,6-9H2. The molecule has 1 fully saturated rings. The third kappa shape index (κ3) is 2.41. The van der Waals surface area contributed by atoms with Crippen LogP contribution in [0.2, 0.25) is 0 Å². The van der Waals surface area contributed by atoms with Gasteiger partial charge in [0.25, 0.3) is 0 Å². The molecule has 1 aliphatic heterocycles. The fraction of sp³-hybridized carbons (Fsp3) is 0.235. The summed E-state index contributed by atoms with van der Waals surface area (Å²) in [5.41, 5.74) is 3.75. The van der Waals surface area contributed by atoms with E-state index in [4.69, 9.17) is 4.74 Å². The molecule has 3 heterocycles. The van der Waals surface area contributed by atoms with E-state index in [0.29, 0.717) is 0 Å². The number of ether oxygens (including phenoxy) is 1. The first-order chi connectivity index (χ1) is 10.4. The van der Waals surface area contributed by atoms with Gasteiger partial charge in [-0.1, -0.05) is 12.1 Å². The molecule has 21 heavy (non-hydrogen) atoms. The third-order valence-electron chi connectivity index (χ3n) is 3.91. The molecule has 0 saturated carbocycles. The summed E-state index contributed by atoms with van der Waals surface area (Å²) in [5, 5.41) is 3.54. The van der Waals surface area contributed by atoms with Crippen LogP contribution in [0.3, 0.4) is 0 Å². The third-order valence-corrected chi connectivity index (χ3v) is 4.85. The van der Waals surface area contributed by atoms with Crippen molar-refractivity contribution in [2.45, 2.75) is 0 Å². The van der Waals surface area contributed by atoms with Crippen LogP contribution in [0.5, 0.6) is 0 Å². The second-order valence-electron chi connectivity index (χ2n) is 5.17. The molecule has 0 N–H and O–H groups in total. The zero-order valence-corrected chi connectivity index (χ0v) is 12.5. The smallest absolute Gasteiger partial charge is 0.0642 e. The molecule has 1 saturated heterocycles. The lowest BCUT2D eigenvalue weighted by Crippen LogP contribution is -2.36. The highest BCUT2D eigenvalue weighted by Gasteiger charge is 2.13. The minimum absolute atomic E-state index is 0.823. The monoisotopic (exact) mass is 296 g/mol. The van der Waals surface area contributed by atoms with Crippen molar-refractivity contribution in [2.75, 3.05) is 31.2 Å². The molecule has 0 aliphatic carbocycles. The van der Waals surface area contributed by atoms with Crippen LogP contribution >= 0.6 is 11.3 Å².